The number of nitrogens with one attached hydrogen (secondary N) is 3. The number of methoxy groups -OCH3 is 2. The van der Waals surface area contributed by atoms with E-state index in [4.69, 9.17) is 9.47 Å². The molecule has 186 valence electrons. The first-order valence-corrected chi connectivity index (χ1v) is 12.6. The number of hydrogen-bond acceptors (Lipinski definition) is 6. The van der Waals surface area contributed by atoms with Crippen molar-refractivity contribution in [3.8, 4) is 11.1 Å². The van der Waals surface area contributed by atoms with Crippen molar-refractivity contribution in [1.29, 1.82) is 0 Å². The Morgan fingerprint density at radius 1 is 1.06 bits per heavy atom. The number of halogens is 1. The Kier molecular flexibility index (Phi) is 8.75. The minimum absolute atomic E-state index is 0.0342. The zero-order valence-corrected chi connectivity index (χ0v) is 20.5. The number of ether oxygens (including phenoxy) is 2. The molecule has 0 radical (unpaired) electrons. The Hall–Kier alpha value is -2.22. The zero-order valence-electron chi connectivity index (χ0n) is 20.5. The highest BCUT2D eigenvalue weighted by Gasteiger charge is 2.42. The minimum atomic E-state index is -0.306. The summed E-state index contributed by atoms with van der Waals surface area (Å²) in [6, 6.07) is 10.7. The number of nitrogens with zero attached hydrogens (tertiary/aromatic N) is 1. The lowest BCUT2D eigenvalue weighted by molar-refractivity contribution is 0.0914. The summed E-state index contributed by atoms with van der Waals surface area (Å²) in [5.41, 5.74) is 2.35. The summed E-state index contributed by atoms with van der Waals surface area (Å²) in [7, 11) is 3.52. The van der Waals surface area contributed by atoms with Gasteiger partial charge in [0.25, 0.3) is 0 Å². The number of anilines is 2. The normalized spacial score (nSPS) is 21.3. The molecule has 0 saturated heterocycles. The maximum atomic E-state index is 14.7. The summed E-state index contributed by atoms with van der Waals surface area (Å²) in [5, 5.41) is 10.7. The molecule has 7 heteroatoms. The molecule has 2 aromatic rings. The van der Waals surface area contributed by atoms with Gasteiger partial charge in [0, 0.05) is 50.7 Å². The lowest BCUT2D eigenvalue weighted by Crippen LogP contribution is -2.37. The van der Waals surface area contributed by atoms with E-state index < -0.39 is 0 Å². The van der Waals surface area contributed by atoms with Crippen LogP contribution < -0.4 is 16.0 Å². The van der Waals surface area contributed by atoms with Gasteiger partial charge in [-0.1, -0.05) is 12.1 Å². The third kappa shape index (κ3) is 6.90. The van der Waals surface area contributed by atoms with E-state index in [1.165, 1.54) is 6.20 Å². The zero-order chi connectivity index (χ0) is 23.8. The van der Waals surface area contributed by atoms with Crippen LogP contribution in [0.25, 0.3) is 11.1 Å². The number of rotatable bonds is 13. The van der Waals surface area contributed by atoms with E-state index in [2.05, 4.69) is 20.9 Å². The summed E-state index contributed by atoms with van der Waals surface area (Å²) < 4.78 is 25.4. The van der Waals surface area contributed by atoms with Gasteiger partial charge in [0.15, 0.2) is 0 Å². The highest BCUT2D eigenvalue weighted by Crippen LogP contribution is 2.39. The van der Waals surface area contributed by atoms with Gasteiger partial charge >= 0.3 is 0 Å². The summed E-state index contributed by atoms with van der Waals surface area (Å²) in [5.74, 6) is 0.432. The van der Waals surface area contributed by atoms with Crippen LogP contribution in [-0.4, -0.2) is 56.6 Å². The molecule has 1 aromatic heterocycles. The minimum Gasteiger partial charge on any atom is -0.385 e. The fraction of sp³-hybridized carbons (Fsp3) is 0.593. The molecule has 4 rings (SSSR count). The van der Waals surface area contributed by atoms with E-state index >= 15 is 0 Å². The van der Waals surface area contributed by atoms with Crippen molar-refractivity contribution < 1.29 is 13.9 Å². The van der Waals surface area contributed by atoms with Crippen molar-refractivity contribution in [2.75, 3.05) is 44.5 Å². The van der Waals surface area contributed by atoms with Crippen LogP contribution in [0.5, 0.6) is 0 Å². The molecule has 2 fully saturated rings. The largest absolute Gasteiger partial charge is 0.385 e. The Bertz CT molecular complexity index is 913. The fourth-order valence-electron chi connectivity index (χ4n) is 4.72. The second kappa shape index (κ2) is 12.0. The monoisotopic (exact) mass is 470 g/mol. The SMILES string of the molecule is COCCCCNC1CCC(Nc2cc(-c3cccc(NCC4(OC)CC4)c3)c(F)cn2)CC1. The molecule has 0 unspecified atom stereocenters. The lowest BCUT2D eigenvalue weighted by Gasteiger charge is -2.30. The van der Waals surface area contributed by atoms with Crippen LogP contribution in [0, 0.1) is 5.82 Å². The average molecular weight is 471 g/mol. The summed E-state index contributed by atoms with van der Waals surface area (Å²) in [6.45, 7) is 2.65. The van der Waals surface area contributed by atoms with Crippen LogP contribution in [0.1, 0.15) is 51.4 Å². The van der Waals surface area contributed by atoms with Gasteiger partial charge < -0.3 is 25.4 Å². The lowest BCUT2D eigenvalue weighted by atomic mass is 9.91. The van der Waals surface area contributed by atoms with Crippen LogP contribution in [-0.2, 0) is 9.47 Å². The van der Waals surface area contributed by atoms with Crippen LogP contribution in [0.4, 0.5) is 15.9 Å². The van der Waals surface area contributed by atoms with Crippen LogP contribution >= 0.6 is 0 Å². The maximum absolute atomic E-state index is 14.7. The highest BCUT2D eigenvalue weighted by atomic mass is 19.1. The molecule has 0 amide bonds. The second-order valence-electron chi connectivity index (χ2n) is 9.72. The first-order valence-electron chi connectivity index (χ1n) is 12.6. The third-order valence-electron chi connectivity index (χ3n) is 7.17. The molecular formula is C27H39FN4O2. The number of aromatic nitrogens is 1. The topological polar surface area (TPSA) is 67.4 Å². The van der Waals surface area contributed by atoms with Gasteiger partial charge in [0.05, 0.1) is 11.8 Å². The molecule has 3 N–H and O–H groups in total. The number of benzene rings is 1. The Morgan fingerprint density at radius 2 is 1.85 bits per heavy atom. The van der Waals surface area contributed by atoms with Crippen LogP contribution in [0.2, 0.25) is 0 Å². The standard InChI is InChI=1S/C27H39FN4O2/c1-33-15-4-3-14-29-21-8-10-22(11-9-21)32-26-17-24(25(28)18-30-26)20-6-5-7-23(16-20)31-19-27(34-2)12-13-27/h5-7,16-18,21-22,29,31H,3-4,8-15,19H2,1-2H3,(H,30,32). The number of hydrogen-bond donors (Lipinski definition) is 3. The van der Waals surface area contributed by atoms with Gasteiger partial charge in [-0.05, 0) is 81.7 Å². The van der Waals surface area contributed by atoms with E-state index in [1.807, 2.05) is 30.3 Å². The highest BCUT2D eigenvalue weighted by molar-refractivity contribution is 5.70. The molecule has 2 saturated carbocycles. The van der Waals surface area contributed by atoms with Crippen molar-refractivity contribution in [2.24, 2.45) is 0 Å². The van der Waals surface area contributed by atoms with E-state index in [0.717, 1.165) is 88.1 Å². The van der Waals surface area contributed by atoms with Gasteiger partial charge in [-0.3, -0.25) is 0 Å². The van der Waals surface area contributed by atoms with Crippen LogP contribution in [0.3, 0.4) is 0 Å². The number of pyridine rings is 1. The van der Waals surface area contributed by atoms with Gasteiger partial charge in [-0.15, -0.1) is 0 Å². The first-order chi connectivity index (χ1) is 16.6. The van der Waals surface area contributed by atoms with Crippen LogP contribution in [0.15, 0.2) is 36.5 Å². The molecule has 0 atom stereocenters. The Morgan fingerprint density at radius 3 is 2.59 bits per heavy atom. The predicted octanol–water partition coefficient (Wildman–Crippen LogP) is 5.22. The van der Waals surface area contributed by atoms with Crippen molar-refractivity contribution in [1.82, 2.24) is 10.3 Å². The first kappa shape index (κ1) is 24.9. The molecular weight excluding hydrogens is 431 g/mol. The average Bonchev–Trinajstić information content (AvgIpc) is 3.65. The quantitative estimate of drug-likeness (QED) is 0.349. The van der Waals surface area contributed by atoms with Crippen molar-refractivity contribution in [2.45, 2.75) is 69.1 Å². The molecule has 0 bridgehead atoms. The maximum Gasteiger partial charge on any atom is 0.149 e. The van der Waals surface area contributed by atoms with Crippen molar-refractivity contribution >= 4 is 11.5 Å². The van der Waals surface area contributed by atoms with Gasteiger partial charge in [0.2, 0.25) is 0 Å². The van der Waals surface area contributed by atoms with Gasteiger partial charge in [-0.2, -0.15) is 0 Å². The van der Waals surface area contributed by atoms with Gasteiger partial charge in [0.1, 0.15) is 11.6 Å². The van der Waals surface area contributed by atoms with Crippen molar-refractivity contribution in [3.63, 3.8) is 0 Å². The van der Waals surface area contributed by atoms with Crippen molar-refractivity contribution in [3.05, 3.63) is 42.3 Å². The second-order valence-corrected chi connectivity index (χ2v) is 9.72. The van der Waals surface area contributed by atoms with E-state index in [1.54, 1.807) is 14.2 Å². The molecule has 2 aliphatic carbocycles. The molecule has 34 heavy (non-hydrogen) atoms. The van der Waals surface area contributed by atoms with E-state index in [-0.39, 0.29) is 11.4 Å². The molecule has 6 nitrogen and oxygen atoms in total. The molecule has 1 heterocycles. The molecule has 1 aromatic carbocycles. The summed E-state index contributed by atoms with van der Waals surface area (Å²) >= 11 is 0. The summed E-state index contributed by atoms with van der Waals surface area (Å²) in [6.07, 6.45) is 10.2. The Balaban J connectivity index is 1.30. The number of unbranched alkanes of at least 4 members (excludes halogenated alkanes) is 1. The molecule has 0 spiro atoms. The van der Waals surface area contributed by atoms with Gasteiger partial charge in [-0.25, -0.2) is 9.37 Å². The molecule has 2 aliphatic rings. The van der Waals surface area contributed by atoms with E-state index in [0.29, 0.717) is 17.6 Å². The summed E-state index contributed by atoms with van der Waals surface area (Å²) in [4.78, 5) is 4.32. The third-order valence-corrected chi connectivity index (χ3v) is 7.17. The molecule has 0 aliphatic heterocycles. The predicted molar refractivity (Wildman–Crippen MR) is 136 cm³/mol. The fourth-order valence-corrected chi connectivity index (χ4v) is 4.72. The Labute approximate surface area is 203 Å². The smallest absolute Gasteiger partial charge is 0.149 e. The van der Waals surface area contributed by atoms with E-state index in [9.17, 15) is 4.39 Å².